The van der Waals surface area contributed by atoms with Gasteiger partial charge in [-0.2, -0.15) is 5.10 Å². The molecule has 1 aliphatic heterocycles. The number of nitrogens with zero attached hydrogens (tertiary/aromatic N) is 2. The molecule has 0 saturated carbocycles. The van der Waals surface area contributed by atoms with Crippen LogP contribution in [0, 0.1) is 0 Å². The Bertz CT molecular complexity index is 472. The number of rotatable bonds is 4. The molecule has 1 heterocycles. The lowest BCUT2D eigenvalue weighted by molar-refractivity contribution is -0.128. The minimum Gasteiger partial charge on any atom is -0.273 e. The van der Waals surface area contributed by atoms with Crippen LogP contribution >= 0.6 is 23.4 Å². The quantitative estimate of drug-likeness (QED) is 0.793. The lowest BCUT2D eigenvalue weighted by atomic mass is 10.3. The number of hydrazone groups is 1. The minimum atomic E-state index is 0.0936. The topological polar surface area (TPSA) is 32.7 Å². The number of carbonyl (C=O) groups excluding carboxylic acids is 1. The van der Waals surface area contributed by atoms with Crippen molar-refractivity contribution in [3.05, 3.63) is 29.3 Å². The van der Waals surface area contributed by atoms with Gasteiger partial charge in [-0.25, -0.2) is 5.01 Å². The van der Waals surface area contributed by atoms with Crippen molar-refractivity contribution in [3.63, 3.8) is 0 Å². The number of hydrogen-bond donors (Lipinski definition) is 0. The lowest BCUT2D eigenvalue weighted by Gasteiger charge is -2.17. The summed E-state index contributed by atoms with van der Waals surface area (Å²) in [6.45, 7) is 4.62. The summed E-state index contributed by atoms with van der Waals surface area (Å²) in [5.74, 6) is 0.0936. The van der Waals surface area contributed by atoms with Crippen LogP contribution in [-0.2, 0) is 4.79 Å². The number of benzene rings is 1. The highest BCUT2D eigenvalue weighted by atomic mass is 35.5. The second-order valence-electron chi connectivity index (χ2n) is 4.37. The number of amides is 1. The molecule has 0 fully saturated rings. The molecule has 0 spiro atoms. The Morgan fingerprint density at radius 2 is 2.11 bits per heavy atom. The number of hydrogen-bond acceptors (Lipinski definition) is 3. The molecule has 1 atom stereocenters. The molecule has 5 heteroatoms. The van der Waals surface area contributed by atoms with Crippen molar-refractivity contribution >= 4 is 35.0 Å². The summed E-state index contributed by atoms with van der Waals surface area (Å²) in [6.07, 6.45) is 0.457. The van der Waals surface area contributed by atoms with E-state index in [4.69, 9.17) is 11.6 Å². The van der Waals surface area contributed by atoms with Crippen LogP contribution in [0.1, 0.15) is 20.3 Å². The molecule has 0 radical (unpaired) electrons. The van der Waals surface area contributed by atoms with E-state index in [9.17, 15) is 4.79 Å². The number of thioether (sulfide) groups is 1. The van der Waals surface area contributed by atoms with Crippen molar-refractivity contribution in [3.8, 4) is 0 Å². The molecule has 0 aliphatic carbocycles. The van der Waals surface area contributed by atoms with Gasteiger partial charge in [-0.05, 0) is 31.2 Å². The molecular weight excluding hydrogens is 268 g/mol. The Hall–Kier alpha value is -1.00. The van der Waals surface area contributed by atoms with Gasteiger partial charge in [0.05, 0.1) is 13.0 Å². The average Bonchev–Trinajstić information content (AvgIpc) is 2.61. The van der Waals surface area contributed by atoms with Crippen LogP contribution in [0.15, 0.2) is 34.3 Å². The first-order chi connectivity index (χ1) is 8.54. The zero-order valence-electron chi connectivity index (χ0n) is 10.4. The fraction of sp³-hybridized carbons (Fsp3) is 0.385. The predicted octanol–water partition coefficient (Wildman–Crippen LogP) is 3.43. The third-order valence-electron chi connectivity index (χ3n) is 2.57. The van der Waals surface area contributed by atoms with Crippen molar-refractivity contribution in [2.75, 3.05) is 6.54 Å². The largest absolute Gasteiger partial charge is 0.273 e. The molecule has 0 saturated heterocycles. The molecule has 1 aromatic carbocycles. The van der Waals surface area contributed by atoms with E-state index < -0.39 is 0 Å². The summed E-state index contributed by atoms with van der Waals surface area (Å²) in [4.78, 5) is 12.8. The van der Waals surface area contributed by atoms with Gasteiger partial charge in [0.1, 0.15) is 0 Å². The monoisotopic (exact) mass is 282 g/mol. The van der Waals surface area contributed by atoms with E-state index in [1.807, 2.05) is 31.2 Å². The van der Waals surface area contributed by atoms with E-state index >= 15 is 0 Å². The average molecular weight is 283 g/mol. The van der Waals surface area contributed by atoms with Crippen molar-refractivity contribution < 1.29 is 4.79 Å². The first-order valence-electron chi connectivity index (χ1n) is 5.81. The Morgan fingerprint density at radius 3 is 2.67 bits per heavy atom. The maximum Gasteiger partial charge on any atom is 0.248 e. The SMILES string of the molecule is CC1=NN(CC(C)Sc2ccc(Cl)cc2)C(=O)C1. The zero-order valence-corrected chi connectivity index (χ0v) is 12.0. The minimum absolute atomic E-state index is 0.0936. The van der Waals surface area contributed by atoms with Gasteiger partial charge in [-0.15, -0.1) is 11.8 Å². The summed E-state index contributed by atoms with van der Waals surface area (Å²) < 4.78 is 0. The van der Waals surface area contributed by atoms with E-state index in [1.54, 1.807) is 16.8 Å². The van der Waals surface area contributed by atoms with E-state index in [-0.39, 0.29) is 5.91 Å². The Kier molecular flexibility index (Phi) is 4.30. The van der Waals surface area contributed by atoms with E-state index in [2.05, 4.69) is 12.0 Å². The highest BCUT2D eigenvalue weighted by Crippen LogP contribution is 2.26. The molecule has 0 aromatic heterocycles. The van der Waals surface area contributed by atoms with Gasteiger partial charge in [-0.3, -0.25) is 4.79 Å². The van der Waals surface area contributed by atoms with Crippen LogP contribution in [0.25, 0.3) is 0 Å². The molecule has 1 unspecified atom stereocenters. The van der Waals surface area contributed by atoms with Gasteiger partial charge >= 0.3 is 0 Å². The highest BCUT2D eigenvalue weighted by Gasteiger charge is 2.22. The van der Waals surface area contributed by atoms with Crippen LogP contribution in [-0.4, -0.2) is 28.4 Å². The molecular formula is C13H15ClN2OS. The first kappa shape index (κ1) is 13.4. The smallest absolute Gasteiger partial charge is 0.248 e. The highest BCUT2D eigenvalue weighted by molar-refractivity contribution is 8.00. The lowest BCUT2D eigenvalue weighted by Crippen LogP contribution is -2.27. The van der Waals surface area contributed by atoms with Gasteiger partial charge in [0.2, 0.25) is 5.91 Å². The number of halogens is 1. The van der Waals surface area contributed by atoms with Gasteiger partial charge in [0.15, 0.2) is 0 Å². The normalized spacial score (nSPS) is 16.9. The van der Waals surface area contributed by atoms with Crippen molar-refractivity contribution in [1.82, 2.24) is 5.01 Å². The molecule has 0 bridgehead atoms. The fourth-order valence-electron chi connectivity index (χ4n) is 1.78. The van der Waals surface area contributed by atoms with E-state index in [0.717, 1.165) is 15.6 Å². The summed E-state index contributed by atoms with van der Waals surface area (Å²) in [5.41, 5.74) is 0.892. The Balaban J connectivity index is 1.91. The van der Waals surface area contributed by atoms with Gasteiger partial charge in [0, 0.05) is 20.9 Å². The predicted molar refractivity (Wildman–Crippen MR) is 76.2 cm³/mol. The Labute approximate surface area is 116 Å². The number of carbonyl (C=O) groups is 1. The zero-order chi connectivity index (χ0) is 13.1. The van der Waals surface area contributed by atoms with Crippen molar-refractivity contribution in [2.24, 2.45) is 5.10 Å². The molecule has 1 aromatic rings. The fourth-order valence-corrected chi connectivity index (χ4v) is 2.88. The molecule has 18 heavy (non-hydrogen) atoms. The molecule has 0 N–H and O–H groups in total. The van der Waals surface area contributed by atoms with Crippen molar-refractivity contribution in [1.29, 1.82) is 0 Å². The third-order valence-corrected chi connectivity index (χ3v) is 3.92. The summed E-state index contributed by atoms with van der Waals surface area (Å²) in [6, 6.07) is 7.73. The van der Waals surface area contributed by atoms with Crippen LogP contribution in [0.5, 0.6) is 0 Å². The molecule has 1 amide bonds. The second kappa shape index (κ2) is 5.76. The van der Waals surface area contributed by atoms with Gasteiger partial charge < -0.3 is 0 Å². The maximum atomic E-state index is 11.6. The second-order valence-corrected chi connectivity index (χ2v) is 6.32. The molecule has 3 nitrogen and oxygen atoms in total. The van der Waals surface area contributed by atoms with Gasteiger partial charge in [-0.1, -0.05) is 18.5 Å². The standard InChI is InChI=1S/C13H15ClN2OS/c1-9-7-13(17)16(15-9)8-10(2)18-12-5-3-11(14)4-6-12/h3-6,10H,7-8H2,1-2H3. The van der Waals surface area contributed by atoms with Crippen molar-refractivity contribution in [2.45, 2.75) is 30.4 Å². The summed E-state index contributed by atoms with van der Waals surface area (Å²) >= 11 is 7.56. The van der Waals surface area contributed by atoms with Crippen LogP contribution < -0.4 is 0 Å². The first-order valence-corrected chi connectivity index (χ1v) is 7.07. The van der Waals surface area contributed by atoms with E-state index in [1.165, 1.54) is 0 Å². The van der Waals surface area contributed by atoms with Crippen LogP contribution in [0.3, 0.4) is 0 Å². The molecule has 1 aliphatic rings. The Morgan fingerprint density at radius 1 is 1.44 bits per heavy atom. The van der Waals surface area contributed by atoms with Crippen LogP contribution in [0.4, 0.5) is 0 Å². The third kappa shape index (κ3) is 3.50. The molecule has 2 rings (SSSR count). The summed E-state index contributed by atoms with van der Waals surface area (Å²) in [7, 11) is 0. The van der Waals surface area contributed by atoms with E-state index in [0.29, 0.717) is 18.2 Å². The van der Waals surface area contributed by atoms with Gasteiger partial charge in [0.25, 0.3) is 0 Å². The molecule has 96 valence electrons. The van der Waals surface area contributed by atoms with Crippen LogP contribution in [0.2, 0.25) is 5.02 Å². The summed E-state index contributed by atoms with van der Waals surface area (Å²) in [5, 5.41) is 6.84. The maximum absolute atomic E-state index is 11.6.